The zero-order valence-corrected chi connectivity index (χ0v) is 23.1. The lowest BCUT2D eigenvalue weighted by atomic mass is 9.41. The van der Waals surface area contributed by atoms with Crippen LogP contribution in [0.25, 0.3) is 0 Å². The molecule has 1 unspecified atom stereocenters. The Morgan fingerprint density at radius 3 is 2.42 bits per heavy atom. The molecule has 0 radical (unpaired) electrons. The van der Waals surface area contributed by atoms with Crippen LogP contribution in [0.2, 0.25) is 0 Å². The van der Waals surface area contributed by atoms with Crippen molar-refractivity contribution in [2.24, 2.45) is 45.3 Å². The Kier molecular flexibility index (Phi) is 6.57. The molecule has 0 aromatic rings. The van der Waals surface area contributed by atoms with E-state index >= 15 is 0 Å². The van der Waals surface area contributed by atoms with E-state index in [9.17, 15) is 5.11 Å². The van der Waals surface area contributed by atoms with E-state index in [-0.39, 0.29) is 17.6 Å². The number of allylic oxidation sites excluding steroid dienone is 3. The normalized spacial score (nSPS) is 45.8. The van der Waals surface area contributed by atoms with Crippen LogP contribution in [0.3, 0.4) is 0 Å². The van der Waals surface area contributed by atoms with Crippen molar-refractivity contribution in [2.75, 3.05) is 7.11 Å². The lowest BCUT2D eigenvalue weighted by Crippen LogP contribution is -2.58. The van der Waals surface area contributed by atoms with Gasteiger partial charge in [-0.2, -0.15) is 0 Å². The van der Waals surface area contributed by atoms with Crippen LogP contribution in [0.1, 0.15) is 107 Å². The summed E-state index contributed by atoms with van der Waals surface area (Å²) in [4.78, 5) is 0. The summed E-state index contributed by atoms with van der Waals surface area (Å²) in [6, 6.07) is 0. The summed E-state index contributed by atoms with van der Waals surface area (Å²) < 4.78 is 5.86. The van der Waals surface area contributed by atoms with Gasteiger partial charge in [0.05, 0.1) is 12.2 Å². The van der Waals surface area contributed by atoms with Crippen LogP contribution in [-0.2, 0) is 4.74 Å². The molecule has 0 bridgehead atoms. The number of hydrogen-bond donors (Lipinski definition) is 1. The number of aliphatic hydroxyl groups is 1. The Hall–Kier alpha value is -0.600. The van der Waals surface area contributed by atoms with Crippen molar-refractivity contribution < 1.29 is 9.84 Å². The molecule has 3 fully saturated rings. The molecule has 3 saturated carbocycles. The Bertz CT molecular complexity index is 804. The van der Waals surface area contributed by atoms with Crippen LogP contribution in [0, 0.1) is 45.3 Å². The average Bonchev–Trinajstić information content (AvgIpc) is 3.02. The van der Waals surface area contributed by atoms with Crippen LogP contribution in [0.5, 0.6) is 0 Å². The highest BCUT2D eigenvalue weighted by atomic mass is 16.5. The largest absolute Gasteiger partial charge is 0.393 e. The van der Waals surface area contributed by atoms with E-state index in [1.54, 1.807) is 0 Å². The maximum atomic E-state index is 10.8. The molecule has 0 amide bonds. The molecule has 0 aliphatic heterocycles. The lowest BCUT2D eigenvalue weighted by molar-refractivity contribution is -0.131. The van der Waals surface area contributed by atoms with Gasteiger partial charge in [0.2, 0.25) is 0 Å². The molecule has 4 aliphatic rings. The van der Waals surface area contributed by atoms with Crippen LogP contribution < -0.4 is 0 Å². The molecule has 0 heterocycles. The topological polar surface area (TPSA) is 29.5 Å². The van der Waals surface area contributed by atoms with Crippen LogP contribution in [0.4, 0.5) is 0 Å². The van der Waals surface area contributed by atoms with Gasteiger partial charge >= 0.3 is 0 Å². The Labute approximate surface area is 204 Å². The minimum atomic E-state index is -0.152. The second-order valence-electron chi connectivity index (χ2n) is 14.0. The molecule has 4 rings (SSSR count). The molecular weight excluding hydrogens is 404 g/mol. The second-order valence-corrected chi connectivity index (χ2v) is 14.0. The predicted octanol–water partition coefficient (Wildman–Crippen LogP) is 7.96. The van der Waals surface area contributed by atoms with Crippen molar-refractivity contribution in [3.8, 4) is 0 Å². The van der Waals surface area contributed by atoms with Gasteiger partial charge in [0.15, 0.2) is 0 Å². The first-order valence-corrected chi connectivity index (χ1v) is 13.9. The van der Waals surface area contributed by atoms with E-state index in [0.717, 1.165) is 25.2 Å². The summed E-state index contributed by atoms with van der Waals surface area (Å²) in [5.41, 5.74) is 4.22. The van der Waals surface area contributed by atoms with Crippen molar-refractivity contribution >= 4 is 0 Å². The number of fused-ring (bicyclic) bond motifs is 5. The molecule has 9 atom stereocenters. The zero-order chi connectivity index (χ0) is 24.4. The van der Waals surface area contributed by atoms with E-state index < -0.39 is 0 Å². The zero-order valence-electron chi connectivity index (χ0n) is 23.1. The fourth-order valence-corrected chi connectivity index (χ4v) is 9.79. The van der Waals surface area contributed by atoms with Crippen LogP contribution in [0.15, 0.2) is 23.3 Å². The molecule has 0 spiro atoms. The molecule has 2 heteroatoms. The highest BCUT2D eigenvalue weighted by molar-refractivity contribution is 5.33. The number of hydrogen-bond acceptors (Lipinski definition) is 2. The van der Waals surface area contributed by atoms with Crippen molar-refractivity contribution in [3.05, 3.63) is 23.3 Å². The van der Waals surface area contributed by atoms with Gasteiger partial charge in [-0.05, 0) is 111 Å². The third kappa shape index (κ3) is 3.72. The molecule has 188 valence electrons. The Morgan fingerprint density at radius 1 is 1.09 bits per heavy atom. The average molecular weight is 457 g/mol. The number of methoxy groups -OCH3 is 1. The summed E-state index contributed by atoms with van der Waals surface area (Å²) in [5.74, 6) is 2.73. The Balaban J connectivity index is 1.62. The van der Waals surface area contributed by atoms with E-state index in [1.807, 2.05) is 12.7 Å². The van der Waals surface area contributed by atoms with Crippen molar-refractivity contribution in [2.45, 2.75) is 119 Å². The molecule has 0 aromatic carbocycles. The van der Waals surface area contributed by atoms with Crippen LogP contribution in [-0.4, -0.2) is 24.4 Å². The first-order valence-electron chi connectivity index (χ1n) is 13.9. The van der Waals surface area contributed by atoms with Crippen LogP contribution >= 0.6 is 0 Å². The third-order valence-corrected chi connectivity index (χ3v) is 12.0. The summed E-state index contributed by atoms with van der Waals surface area (Å²) >= 11 is 0. The SMILES string of the molecule is CO[C@@H](C=C(C)C)C[C@H](C)[C@@H]1CC[C@]2(C)C3=CCC4C(C)(C)[C@@H](O)CC[C@]4(C)[C@H]3CC[C@@]12C. The first kappa shape index (κ1) is 25.5. The monoisotopic (exact) mass is 456 g/mol. The number of ether oxygens (including phenoxy) is 1. The summed E-state index contributed by atoms with van der Waals surface area (Å²) in [6.45, 7) is 19.4. The third-order valence-electron chi connectivity index (χ3n) is 12.0. The molecule has 0 aromatic heterocycles. The summed E-state index contributed by atoms with van der Waals surface area (Å²) in [5, 5.41) is 10.8. The van der Waals surface area contributed by atoms with Crippen molar-refractivity contribution in [1.29, 1.82) is 0 Å². The van der Waals surface area contributed by atoms with Gasteiger partial charge in [-0.25, -0.2) is 0 Å². The van der Waals surface area contributed by atoms with E-state index in [1.165, 1.54) is 37.7 Å². The van der Waals surface area contributed by atoms with Gasteiger partial charge < -0.3 is 9.84 Å². The number of aliphatic hydroxyl groups excluding tert-OH is 1. The van der Waals surface area contributed by atoms with Gasteiger partial charge in [-0.3, -0.25) is 0 Å². The van der Waals surface area contributed by atoms with Gasteiger partial charge in [0.25, 0.3) is 0 Å². The van der Waals surface area contributed by atoms with Gasteiger partial charge in [0.1, 0.15) is 0 Å². The molecule has 1 N–H and O–H groups in total. The second kappa shape index (κ2) is 8.51. The van der Waals surface area contributed by atoms with Gasteiger partial charge in [0, 0.05) is 7.11 Å². The van der Waals surface area contributed by atoms with Gasteiger partial charge in [-0.15, -0.1) is 0 Å². The minimum Gasteiger partial charge on any atom is -0.393 e. The molecular formula is C31H52O2. The standard InChI is InChI=1S/C31H52O2/c1-20(2)18-22(33-9)19-21(3)23-12-16-31(8)25-10-11-26-28(4,5)27(32)14-15-29(26,6)24(25)13-17-30(23,31)7/h10,18,21-24,26-27,32H,11-17,19H2,1-9H3/t21-,22-,23-,24-,26?,27-,29+,30-,31+/m0/s1. The smallest absolute Gasteiger partial charge is 0.0757 e. The van der Waals surface area contributed by atoms with Crippen molar-refractivity contribution in [1.82, 2.24) is 0 Å². The highest BCUT2D eigenvalue weighted by Gasteiger charge is 2.65. The minimum absolute atomic E-state index is 0.0174. The van der Waals surface area contributed by atoms with E-state index in [2.05, 4.69) is 67.5 Å². The lowest BCUT2D eigenvalue weighted by Gasteiger charge is -2.64. The molecule has 4 aliphatic carbocycles. The highest BCUT2D eigenvalue weighted by Crippen LogP contribution is 2.73. The predicted molar refractivity (Wildman–Crippen MR) is 139 cm³/mol. The maximum absolute atomic E-state index is 10.8. The summed E-state index contributed by atoms with van der Waals surface area (Å²) in [7, 11) is 1.87. The Morgan fingerprint density at radius 2 is 1.79 bits per heavy atom. The summed E-state index contributed by atoms with van der Waals surface area (Å²) in [6.07, 6.45) is 14.9. The number of rotatable bonds is 5. The first-order chi connectivity index (χ1) is 15.3. The van der Waals surface area contributed by atoms with Gasteiger partial charge in [-0.1, -0.05) is 64.8 Å². The fraction of sp³-hybridized carbons (Fsp3) is 0.871. The van der Waals surface area contributed by atoms with Crippen molar-refractivity contribution in [3.63, 3.8) is 0 Å². The van der Waals surface area contributed by atoms with E-state index in [4.69, 9.17) is 4.74 Å². The quantitative estimate of drug-likeness (QED) is 0.425. The maximum Gasteiger partial charge on any atom is 0.0757 e. The fourth-order valence-electron chi connectivity index (χ4n) is 9.79. The van der Waals surface area contributed by atoms with E-state index in [0.29, 0.717) is 34.0 Å². The molecule has 33 heavy (non-hydrogen) atoms. The molecule has 2 nitrogen and oxygen atoms in total. The molecule has 0 saturated heterocycles.